The summed E-state index contributed by atoms with van der Waals surface area (Å²) in [6.07, 6.45) is 0. The Bertz CT molecular complexity index is 1410. The number of benzene rings is 2. The number of furan rings is 1. The van der Waals surface area contributed by atoms with E-state index in [2.05, 4.69) is 4.99 Å². The minimum Gasteiger partial charge on any atom is -0.493 e. The molecule has 0 aliphatic heterocycles. The summed E-state index contributed by atoms with van der Waals surface area (Å²) in [5.41, 5.74) is 0.818. The first kappa shape index (κ1) is 20.3. The Morgan fingerprint density at radius 1 is 1.23 bits per heavy atom. The first-order chi connectivity index (χ1) is 14.9. The van der Waals surface area contributed by atoms with Crippen molar-refractivity contribution in [3.05, 3.63) is 63.1 Å². The van der Waals surface area contributed by atoms with E-state index in [-0.39, 0.29) is 22.8 Å². The quantitative estimate of drug-likeness (QED) is 0.264. The summed E-state index contributed by atoms with van der Waals surface area (Å²) < 4.78 is 17.6. The monoisotopic (exact) mass is 441 g/mol. The SMILES string of the molecule is COC(=O)Cn1c(=NC(=O)c2cc3cccc(OC)c3o2)sc2cc([N+](=O)[O-])ccc21. The van der Waals surface area contributed by atoms with Crippen molar-refractivity contribution in [2.75, 3.05) is 14.2 Å². The van der Waals surface area contributed by atoms with Crippen molar-refractivity contribution in [2.24, 2.45) is 4.99 Å². The van der Waals surface area contributed by atoms with E-state index < -0.39 is 16.8 Å². The maximum absolute atomic E-state index is 12.8. The lowest BCUT2D eigenvalue weighted by Crippen LogP contribution is -2.22. The van der Waals surface area contributed by atoms with Crippen molar-refractivity contribution < 1.29 is 28.4 Å². The molecule has 0 aliphatic rings. The van der Waals surface area contributed by atoms with Crippen molar-refractivity contribution >= 4 is 50.1 Å². The maximum Gasteiger partial charge on any atom is 0.325 e. The number of carbonyl (C=O) groups is 2. The van der Waals surface area contributed by atoms with Crippen LogP contribution in [0, 0.1) is 10.1 Å². The van der Waals surface area contributed by atoms with E-state index in [1.54, 1.807) is 24.3 Å². The highest BCUT2D eigenvalue weighted by Crippen LogP contribution is 2.29. The fourth-order valence-corrected chi connectivity index (χ4v) is 4.11. The van der Waals surface area contributed by atoms with Crippen molar-refractivity contribution in [1.29, 1.82) is 0 Å². The largest absolute Gasteiger partial charge is 0.493 e. The van der Waals surface area contributed by atoms with E-state index in [1.165, 1.54) is 37.0 Å². The molecule has 0 saturated carbocycles. The van der Waals surface area contributed by atoms with Crippen LogP contribution in [0.5, 0.6) is 5.75 Å². The summed E-state index contributed by atoms with van der Waals surface area (Å²) in [6.45, 7) is -0.214. The lowest BCUT2D eigenvalue weighted by Gasteiger charge is -2.03. The van der Waals surface area contributed by atoms with E-state index in [9.17, 15) is 19.7 Å². The number of para-hydroxylation sites is 1. The fourth-order valence-electron chi connectivity index (χ4n) is 3.05. The van der Waals surface area contributed by atoms with Gasteiger partial charge in [0.25, 0.3) is 5.69 Å². The van der Waals surface area contributed by atoms with E-state index in [0.29, 0.717) is 26.9 Å². The van der Waals surface area contributed by atoms with Gasteiger partial charge < -0.3 is 18.5 Å². The number of carbonyl (C=O) groups excluding carboxylic acids is 2. The second kappa shape index (κ2) is 8.03. The van der Waals surface area contributed by atoms with Crippen LogP contribution in [0.1, 0.15) is 10.6 Å². The summed E-state index contributed by atoms with van der Waals surface area (Å²) in [5.74, 6) is -0.752. The highest BCUT2D eigenvalue weighted by atomic mass is 32.1. The molecule has 0 spiro atoms. The number of nitrogens with zero attached hydrogens (tertiary/aromatic N) is 3. The second-order valence-electron chi connectivity index (χ2n) is 6.36. The zero-order chi connectivity index (χ0) is 22.1. The highest BCUT2D eigenvalue weighted by molar-refractivity contribution is 7.16. The molecule has 11 heteroatoms. The molecule has 0 radical (unpaired) electrons. The lowest BCUT2D eigenvalue weighted by atomic mass is 10.2. The number of amides is 1. The molecule has 31 heavy (non-hydrogen) atoms. The molecule has 0 bridgehead atoms. The molecule has 10 nitrogen and oxygen atoms in total. The molecule has 4 aromatic rings. The number of fused-ring (bicyclic) bond motifs is 2. The molecule has 2 aromatic heterocycles. The summed E-state index contributed by atoms with van der Waals surface area (Å²) in [6, 6.07) is 11.0. The Labute approximate surface area is 178 Å². The molecule has 4 rings (SSSR count). The van der Waals surface area contributed by atoms with Gasteiger partial charge in [-0.2, -0.15) is 4.99 Å². The van der Waals surface area contributed by atoms with Crippen molar-refractivity contribution in [3.8, 4) is 5.75 Å². The van der Waals surface area contributed by atoms with Gasteiger partial charge >= 0.3 is 11.9 Å². The molecular formula is C20H15N3O7S. The smallest absolute Gasteiger partial charge is 0.325 e. The number of nitro groups is 1. The van der Waals surface area contributed by atoms with Crippen LogP contribution in [-0.2, 0) is 16.1 Å². The third-order valence-corrected chi connectivity index (χ3v) is 5.57. The van der Waals surface area contributed by atoms with Crippen LogP contribution in [-0.4, -0.2) is 35.6 Å². The molecule has 2 heterocycles. The summed E-state index contributed by atoms with van der Waals surface area (Å²) in [5, 5.41) is 11.8. The molecule has 158 valence electrons. The topological polar surface area (TPSA) is 126 Å². The van der Waals surface area contributed by atoms with Crippen LogP contribution in [0.25, 0.3) is 21.2 Å². The third kappa shape index (κ3) is 3.78. The number of rotatable bonds is 5. The zero-order valence-electron chi connectivity index (χ0n) is 16.4. The molecule has 0 N–H and O–H groups in total. The molecule has 1 amide bonds. The van der Waals surface area contributed by atoms with Gasteiger partial charge in [-0.15, -0.1) is 0 Å². The molecule has 0 atom stereocenters. The lowest BCUT2D eigenvalue weighted by molar-refractivity contribution is -0.384. The summed E-state index contributed by atoms with van der Waals surface area (Å²) in [7, 11) is 2.74. The predicted molar refractivity (Wildman–Crippen MR) is 111 cm³/mol. The van der Waals surface area contributed by atoms with Crippen LogP contribution in [0.2, 0.25) is 0 Å². The van der Waals surface area contributed by atoms with Crippen molar-refractivity contribution in [1.82, 2.24) is 4.57 Å². The van der Waals surface area contributed by atoms with Crippen LogP contribution >= 0.6 is 11.3 Å². The van der Waals surface area contributed by atoms with Gasteiger partial charge in [-0.3, -0.25) is 19.7 Å². The number of esters is 1. The predicted octanol–water partition coefficient (Wildman–Crippen LogP) is 3.28. The molecule has 0 unspecified atom stereocenters. The average Bonchev–Trinajstić information content (AvgIpc) is 3.34. The molecule has 0 aliphatic carbocycles. The van der Waals surface area contributed by atoms with E-state index in [4.69, 9.17) is 13.9 Å². The molecule has 2 aromatic carbocycles. The van der Waals surface area contributed by atoms with Gasteiger partial charge in [0.1, 0.15) is 6.54 Å². The number of nitro benzene ring substituents is 1. The van der Waals surface area contributed by atoms with Gasteiger partial charge in [0.2, 0.25) is 0 Å². The minimum atomic E-state index is -0.669. The number of hydrogen-bond donors (Lipinski definition) is 0. The van der Waals surface area contributed by atoms with Gasteiger partial charge in [0.15, 0.2) is 21.9 Å². The van der Waals surface area contributed by atoms with Gasteiger partial charge in [-0.25, -0.2) is 0 Å². The van der Waals surface area contributed by atoms with E-state index in [0.717, 1.165) is 11.3 Å². The highest BCUT2D eigenvalue weighted by Gasteiger charge is 2.18. The number of hydrogen-bond acceptors (Lipinski definition) is 8. The summed E-state index contributed by atoms with van der Waals surface area (Å²) >= 11 is 1.04. The fraction of sp³-hybridized carbons (Fsp3) is 0.150. The average molecular weight is 441 g/mol. The Hall–Kier alpha value is -3.99. The van der Waals surface area contributed by atoms with Crippen molar-refractivity contribution in [2.45, 2.75) is 6.54 Å². The Morgan fingerprint density at radius 3 is 2.74 bits per heavy atom. The van der Waals surface area contributed by atoms with Crippen molar-refractivity contribution in [3.63, 3.8) is 0 Å². The number of thiazole rings is 1. The standard InChI is InChI=1S/C20H15N3O7S/c1-28-14-5-3-4-11-8-15(30-18(11)14)19(25)21-20-22(10-17(24)29-2)13-7-6-12(23(26)27)9-16(13)31-20/h3-9H,10H2,1-2H3. The van der Waals surface area contributed by atoms with Gasteiger partial charge in [-0.05, 0) is 18.2 Å². The molecular weight excluding hydrogens is 426 g/mol. The maximum atomic E-state index is 12.8. The van der Waals surface area contributed by atoms with Gasteiger partial charge in [0.05, 0.1) is 29.4 Å². The van der Waals surface area contributed by atoms with E-state index >= 15 is 0 Å². The van der Waals surface area contributed by atoms with Crippen LogP contribution in [0.4, 0.5) is 5.69 Å². The van der Waals surface area contributed by atoms with Gasteiger partial charge in [0, 0.05) is 17.5 Å². The second-order valence-corrected chi connectivity index (χ2v) is 7.37. The molecule has 0 saturated heterocycles. The minimum absolute atomic E-state index is 0.00689. The first-order valence-electron chi connectivity index (χ1n) is 8.91. The number of ether oxygens (including phenoxy) is 2. The Balaban J connectivity index is 1.85. The van der Waals surface area contributed by atoms with E-state index in [1.807, 2.05) is 0 Å². The normalized spacial score (nSPS) is 11.7. The summed E-state index contributed by atoms with van der Waals surface area (Å²) in [4.78, 5) is 39.6. The first-order valence-corrected chi connectivity index (χ1v) is 9.73. The number of non-ortho nitro benzene ring substituents is 1. The molecule has 0 fully saturated rings. The number of aromatic nitrogens is 1. The van der Waals surface area contributed by atoms with Crippen LogP contribution in [0.15, 0.2) is 51.9 Å². The van der Waals surface area contributed by atoms with Gasteiger partial charge in [-0.1, -0.05) is 23.5 Å². The Morgan fingerprint density at radius 2 is 2.03 bits per heavy atom. The van der Waals surface area contributed by atoms with Crippen LogP contribution < -0.4 is 9.54 Å². The van der Waals surface area contributed by atoms with Crippen LogP contribution in [0.3, 0.4) is 0 Å². The third-order valence-electron chi connectivity index (χ3n) is 4.53. The Kier molecular flexibility index (Phi) is 5.26. The number of methoxy groups -OCH3 is 2. The zero-order valence-corrected chi connectivity index (χ0v) is 17.2.